The number of hydrogen-bond donors (Lipinski definition) is 1. The van der Waals surface area contributed by atoms with E-state index < -0.39 is 8.07 Å². The van der Waals surface area contributed by atoms with Crippen molar-refractivity contribution in [2.24, 2.45) is 5.92 Å². The molecule has 11 nitrogen and oxygen atoms in total. The molecule has 0 saturated carbocycles. The summed E-state index contributed by atoms with van der Waals surface area (Å²) in [5.74, 6) is 0.226. The highest BCUT2D eigenvalue weighted by Crippen LogP contribution is 2.36. The molecule has 0 spiro atoms. The van der Waals surface area contributed by atoms with Crippen LogP contribution in [0.1, 0.15) is 25.3 Å². The lowest BCUT2D eigenvalue weighted by Crippen LogP contribution is -2.43. The zero-order valence-corrected chi connectivity index (χ0v) is 25.6. The minimum atomic E-state index is -1.15. The van der Waals surface area contributed by atoms with Crippen LogP contribution >= 0.6 is 0 Å². The number of nitrogens with one attached hydrogen (secondary N) is 1. The monoisotopic (exact) mass is 582 g/mol. The molecular formula is C30H38N10OSi. The molecule has 2 atom stereocenters. The minimum absolute atomic E-state index is 0.0749. The zero-order valence-electron chi connectivity index (χ0n) is 24.6. The summed E-state index contributed by atoms with van der Waals surface area (Å²) in [7, 11) is -1.15. The molecule has 0 aromatic carbocycles. The van der Waals surface area contributed by atoms with E-state index in [9.17, 15) is 10.5 Å². The Bertz CT molecular complexity index is 1600. The van der Waals surface area contributed by atoms with Gasteiger partial charge in [0.15, 0.2) is 5.70 Å². The van der Waals surface area contributed by atoms with Gasteiger partial charge in [0.2, 0.25) is 0 Å². The lowest BCUT2D eigenvalue weighted by atomic mass is 9.97. The lowest BCUT2D eigenvalue weighted by Gasteiger charge is -2.35. The number of rotatable bonds is 10. The maximum absolute atomic E-state index is 9.96. The second-order valence-corrected chi connectivity index (χ2v) is 18.1. The van der Waals surface area contributed by atoms with E-state index in [2.05, 4.69) is 63.2 Å². The molecule has 0 bridgehead atoms. The quantitative estimate of drug-likeness (QED) is 0.276. The van der Waals surface area contributed by atoms with Crippen LogP contribution in [0.2, 0.25) is 25.7 Å². The molecule has 0 amide bonds. The Hall–Kier alpha value is -3.97. The van der Waals surface area contributed by atoms with E-state index in [4.69, 9.17) is 9.84 Å². The van der Waals surface area contributed by atoms with E-state index in [-0.39, 0.29) is 12.0 Å². The summed E-state index contributed by atoms with van der Waals surface area (Å²) in [5.41, 5.74) is 5.47. The third kappa shape index (κ3) is 5.58. The minimum Gasteiger partial charge on any atom is -0.382 e. The van der Waals surface area contributed by atoms with Crippen LogP contribution < -0.4 is 5.32 Å². The molecule has 3 aliphatic heterocycles. The molecule has 6 rings (SSSR count). The fourth-order valence-corrected chi connectivity index (χ4v) is 6.94. The second kappa shape index (κ2) is 11.7. The average molecular weight is 583 g/mol. The van der Waals surface area contributed by atoms with Crippen molar-refractivity contribution in [3.8, 4) is 23.4 Å². The van der Waals surface area contributed by atoms with Gasteiger partial charge in [-0.05, 0) is 36.4 Å². The van der Waals surface area contributed by atoms with Crippen LogP contribution in [0.5, 0.6) is 0 Å². The van der Waals surface area contributed by atoms with E-state index in [1.54, 1.807) is 6.33 Å². The van der Waals surface area contributed by atoms with Crippen LogP contribution in [-0.4, -0.2) is 75.2 Å². The molecule has 2 unspecified atom stereocenters. The fourth-order valence-electron chi connectivity index (χ4n) is 6.18. The van der Waals surface area contributed by atoms with Crippen molar-refractivity contribution < 1.29 is 4.74 Å². The highest BCUT2D eigenvalue weighted by molar-refractivity contribution is 6.76. The third-order valence-corrected chi connectivity index (χ3v) is 10.2. The van der Waals surface area contributed by atoms with Gasteiger partial charge in [-0.1, -0.05) is 25.7 Å². The SMILES string of the molecule is C[Si](C)(C)CCOCn1ccc2c(-c3cnn(C(CC#N)C4CCN(N5CC=C6CCNC6=C5C#N)C4)c3)ncnc21. The van der Waals surface area contributed by atoms with Gasteiger partial charge < -0.3 is 14.6 Å². The average Bonchev–Trinajstić information content (AvgIpc) is 3.79. The van der Waals surface area contributed by atoms with Crippen LogP contribution in [0.25, 0.3) is 22.3 Å². The molecule has 2 fully saturated rings. The molecule has 12 heteroatoms. The number of allylic oxidation sites excluding steroid dienone is 2. The van der Waals surface area contributed by atoms with Crippen LogP contribution in [-0.2, 0) is 11.5 Å². The highest BCUT2D eigenvalue weighted by atomic mass is 28.3. The Labute approximate surface area is 247 Å². The largest absolute Gasteiger partial charge is 0.382 e. The summed E-state index contributed by atoms with van der Waals surface area (Å²) in [5, 5.41) is 33.1. The van der Waals surface area contributed by atoms with Crippen molar-refractivity contribution in [3.63, 3.8) is 0 Å². The smallest absolute Gasteiger partial charge is 0.154 e. The summed E-state index contributed by atoms with van der Waals surface area (Å²) in [6.45, 7) is 11.4. The molecule has 6 heterocycles. The first-order valence-electron chi connectivity index (χ1n) is 14.8. The number of hydrazine groups is 1. The molecule has 218 valence electrons. The number of nitrogens with zero attached hydrogens (tertiary/aromatic N) is 9. The highest BCUT2D eigenvalue weighted by Gasteiger charge is 2.36. The Kier molecular flexibility index (Phi) is 7.86. The summed E-state index contributed by atoms with van der Waals surface area (Å²) >= 11 is 0. The maximum atomic E-state index is 9.96. The van der Waals surface area contributed by atoms with Gasteiger partial charge in [-0.3, -0.25) is 9.69 Å². The van der Waals surface area contributed by atoms with E-state index in [0.29, 0.717) is 25.4 Å². The van der Waals surface area contributed by atoms with Crippen molar-refractivity contribution in [1.29, 1.82) is 10.5 Å². The summed E-state index contributed by atoms with van der Waals surface area (Å²) < 4.78 is 9.93. The van der Waals surface area contributed by atoms with Gasteiger partial charge in [-0.2, -0.15) is 15.6 Å². The Morgan fingerprint density at radius 3 is 2.93 bits per heavy atom. The van der Waals surface area contributed by atoms with Gasteiger partial charge >= 0.3 is 0 Å². The first-order chi connectivity index (χ1) is 20.4. The normalized spacial score (nSPS) is 19.9. The number of hydrogen-bond acceptors (Lipinski definition) is 9. The van der Waals surface area contributed by atoms with Gasteiger partial charge in [-0.15, -0.1) is 0 Å². The molecule has 0 radical (unpaired) electrons. The fraction of sp³-hybridized carbons (Fsp3) is 0.500. The van der Waals surface area contributed by atoms with Crippen LogP contribution in [0.4, 0.5) is 0 Å². The molecule has 42 heavy (non-hydrogen) atoms. The Morgan fingerprint density at radius 1 is 1.24 bits per heavy atom. The van der Waals surface area contributed by atoms with Gasteiger partial charge in [0.1, 0.15) is 24.8 Å². The first-order valence-corrected chi connectivity index (χ1v) is 18.5. The molecule has 1 N–H and O–H groups in total. The number of fused-ring (bicyclic) bond motifs is 2. The zero-order chi connectivity index (χ0) is 29.3. The van der Waals surface area contributed by atoms with E-state index >= 15 is 0 Å². The predicted molar refractivity (Wildman–Crippen MR) is 162 cm³/mol. The van der Waals surface area contributed by atoms with Gasteiger partial charge in [0, 0.05) is 57.7 Å². The second-order valence-electron chi connectivity index (χ2n) is 12.5. The van der Waals surface area contributed by atoms with Crippen molar-refractivity contribution in [1.82, 2.24) is 39.7 Å². The Morgan fingerprint density at radius 2 is 2.12 bits per heavy atom. The molecule has 2 saturated heterocycles. The standard InChI is InChI=1S/C30H38N10OSi/c1-42(2,3)15-14-41-21-37-11-8-25-28(34-20-35-30(25)37)24-17-36-39(19-24)26(4-9-31)23-6-12-38(18-23)40-13-7-22-5-10-33-29(22)27(40)16-32/h7-8,11,17,19-20,23,26,33H,4-6,10,12-15,18,21H2,1-3H3. The van der Waals surface area contributed by atoms with Crippen molar-refractivity contribution in [2.45, 2.75) is 57.7 Å². The Balaban J connectivity index is 1.18. The van der Waals surface area contributed by atoms with Gasteiger partial charge in [0.25, 0.3) is 0 Å². The van der Waals surface area contributed by atoms with E-state index in [1.807, 2.05) is 33.9 Å². The topological polar surface area (TPSA) is 124 Å². The summed E-state index contributed by atoms with van der Waals surface area (Å²) in [4.78, 5) is 9.15. The van der Waals surface area contributed by atoms with Crippen molar-refractivity contribution in [2.75, 3.05) is 32.8 Å². The third-order valence-electron chi connectivity index (χ3n) is 8.52. The predicted octanol–water partition coefficient (Wildman–Crippen LogP) is 4.27. The molecule has 3 aromatic heterocycles. The summed E-state index contributed by atoms with van der Waals surface area (Å²) in [6, 6.07) is 7.90. The van der Waals surface area contributed by atoms with Crippen LogP contribution in [0.15, 0.2) is 54.0 Å². The number of aromatic nitrogens is 5. The van der Waals surface area contributed by atoms with Gasteiger partial charge in [-0.25, -0.2) is 15.0 Å². The molecule has 3 aromatic rings. The van der Waals surface area contributed by atoms with Crippen LogP contribution in [0, 0.1) is 28.6 Å². The van der Waals surface area contributed by atoms with E-state index in [0.717, 1.165) is 73.1 Å². The van der Waals surface area contributed by atoms with Crippen LogP contribution in [0.3, 0.4) is 0 Å². The number of ether oxygens (including phenoxy) is 1. The maximum Gasteiger partial charge on any atom is 0.154 e. The van der Waals surface area contributed by atoms with Crippen molar-refractivity contribution >= 4 is 19.1 Å². The van der Waals surface area contributed by atoms with Crippen molar-refractivity contribution in [3.05, 3.63) is 54.0 Å². The lowest BCUT2D eigenvalue weighted by molar-refractivity contribution is 0.0405. The first kappa shape index (κ1) is 28.2. The summed E-state index contributed by atoms with van der Waals surface area (Å²) in [6.07, 6.45) is 11.9. The molecule has 3 aliphatic rings. The van der Waals surface area contributed by atoms with Gasteiger partial charge in [0.05, 0.1) is 42.7 Å². The number of nitriles is 2. The molecule has 0 aliphatic carbocycles. The van der Waals surface area contributed by atoms with E-state index in [1.165, 1.54) is 5.57 Å². The molecular weight excluding hydrogens is 544 g/mol.